The molecule has 3 rings (SSSR count). The zero-order chi connectivity index (χ0) is 36.4. The van der Waals surface area contributed by atoms with Crippen molar-refractivity contribution in [1.82, 2.24) is 0 Å². The van der Waals surface area contributed by atoms with Crippen LogP contribution in [-0.2, 0) is 12.8 Å². The van der Waals surface area contributed by atoms with Crippen LogP contribution in [0.25, 0.3) is 16.9 Å². The molecule has 0 amide bonds. The molecule has 2 nitrogen and oxygen atoms in total. The Balaban J connectivity index is 1.64. The molecule has 51 heavy (non-hydrogen) atoms. The lowest BCUT2D eigenvalue weighted by Crippen LogP contribution is -2.05. The molecule has 0 atom stereocenters. The molecule has 0 fully saturated rings. The van der Waals surface area contributed by atoms with Crippen LogP contribution < -0.4 is 0 Å². The summed E-state index contributed by atoms with van der Waals surface area (Å²) in [5.74, 6) is 6.97. The van der Waals surface area contributed by atoms with Crippen LogP contribution in [-0.4, -0.2) is 4.70 Å². The van der Waals surface area contributed by atoms with E-state index in [1.165, 1.54) is 137 Å². The van der Waals surface area contributed by atoms with Gasteiger partial charge in [-0.05, 0) is 80.7 Å². The molecule has 0 spiro atoms. The average molecular weight is 691 g/mol. The Morgan fingerprint density at radius 1 is 0.451 bits per heavy atom. The number of rotatable bonds is 28. The summed E-state index contributed by atoms with van der Waals surface area (Å²) in [5.41, 5.74) is 21.8. The first-order valence-corrected chi connectivity index (χ1v) is 21.7. The number of benzene rings is 2. The van der Waals surface area contributed by atoms with Gasteiger partial charge in [0.25, 0.3) is 0 Å². The van der Waals surface area contributed by atoms with Crippen molar-refractivity contribution < 1.29 is 4.70 Å². The first-order chi connectivity index (χ1) is 25.2. The topological polar surface area (TPSA) is 25.3 Å². The van der Waals surface area contributed by atoms with Crippen LogP contribution in [0, 0.1) is 11.8 Å². The van der Waals surface area contributed by atoms with E-state index in [2.05, 4.69) is 88.1 Å². The molecule has 2 aromatic rings. The normalized spacial score (nSPS) is 13.0. The predicted octanol–water partition coefficient (Wildman–Crippen LogP) is 15.8. The summed E-state index contributed by atoms with van der Waals surface area (Å²) in [5, 5.41) is 0. The van der Waals surface area contributed by atoms with Crippen LogP contribution in [0.2, 0.25) is 0 Å². The van der Waals surface area contributed by atoms with Gasteiger partial charge in [-0.2, -0.15) is 0 Å². The maximum absolute atomic E-state index is 12.1. The lowest BCUT2D eigenvalue weighted by Gasteiger charge is -2.13. The Morgan fingerprint density at radius 2 is 0.941 bits per heavy atom. The van der Waals surface area contributed by atoms with Crippen molar-refractivity contribution >= 4 is 11.4 Å². The quantitative estimate of drug-likeness (QED) is 0.0482. The Labute approximate surface area is 315 Å². The maximum Gasteiger partial charge on any atom is 0.211 e. The number of aryl methyl sites for hydroxylation is 2. The molecule has 1 aliphatic rings. The Morgan fingerprint density at radius 3 is 1.53 bits per heavy atom. The number of unbranched alkanes of at least 4 members (excludes halogenated alkanes) is 18. The van der Waals surface area contributed by atoms with Crippen LogP contribution in [0.4, 0.5) is 0 Å². The molecule has 0 saturated carbocycles. The van der Waals surface area contributed by atoms with Crippen LogP contribution >= 0.6 is 0 Å². The molecule has 0 unspecified atom stereocenters. The molecule has 2 aromatic carbocycles. The Hall–Kier alpha value is -2.92. The smallest absolute Gasteiger partial charge is 0.211 e. The van der Waals surface area contributed by atoms with E-state index in [-0.39, 0.29) is 0 Å². The highest BCUT2D eigenvalue weighted by molar-refractivity contribution is 5.82. The van der Waals surface area contributed by atoms with Gasteiger partial charge in [-0.15, -0.1) is 11.8 Å². The Bertz CT molecular complexity index is 1380. The third kappa shape index (κ3) is 15.3. The standard InChI is InChI=1S/C49H74N2/c1-5-9-13-15-17-18-19-20-21-22-23-24-25-27-29-33-43-34-30-31-37-45(43)49-47(36-12-8-4)46(35-11-7-3)48(51(49)50)44-40-38-42(39-41-44)32-28-26-16-14-10-6-2/h30-31,34,37-41H,5-24,26,28-29,32-33,35-36H2,1-4H3. The van der Waals surface area contributed by atoms with Gasteiger partial charge in [0.15, 0.2) is 0 Å². The largest absolute Gasteiger partial charge is 0.493 e. The van der Waals surface area contributed by atoms with E-state index >= 15 is 0 Å². The van der Waals surface area contributed by atoms with E-state index in [1.54, 1.807) is 4.70 Å². The van der Waals surface area contributed by atoms with E-state index in [1.807, 2.05) is 0 Å². The van der Waals surface area contributed by atoms with Gasteiger partial charge in [0.05, 0.1) is 0 Å². The zero-order valence-corrected chi connectivity index (χ0v) is 33.6. The van der Waals surface area contributed by atoms with Gasteiger partial charge >= 0.3 is 0 Å². The highest BCUT2D eigenvalue weighted by Crippen LogP contribution is 2.45. The second-order valence-corrected chi connectivity index (χ2v) is 15.2. The highest BCUT2D eigenvalue weighted by Gasteiger charge is 2.35. The van der Waals surface area contributed by atoms with Crippen molar-refractivity contribution in [3.05, 3.63) is 87.5 Å². The van der Waals surface area contributed by atoms with E-state index in [0.717, 1.165) is 81.2 Å². The fourth-order valence-corrected chi connectivity index (χ4v) is 7.63. The van der Waals surface area contributed by atoms with Gasteiger partial charge in [0.1, 0.15) is 0 Å². The minimum Gasteiger partial charge on any atom is -0.493 e. The minimum atomic E-state index is 0.862. The first-order valence-electron chi connectivity index (χ1n) is 21.7. The van der Waals surface area contributed by atoms with Crippen molar-refractivity contribution in [2.45, 2.75) is 201 Å². The molecule has 0 bridgehead atoms. The number of allylic oxidation sites excluding steroid dienone is 2. The summed E-state index contributed by atoms with van der Waals surface area (Å²) < 4.78 is 1.57. The van der Waals surface area contributed by atoms with Gasteiger partial charge in [-0.1, -0.05) is 167 Å². The average Bonchev–Trinajstić information content (AvgIpc) is 3.43. The van der Waals surface area contributed by atoms with Gasteiger partial charge in [0.2, 0.25) is 11.4 Å². The summed E-state index contributed by atoms with van der Waals surface area (Å²) >= 11 is 0. The SMILES string of the molecule is CCCCCCCCCCCCCC#CCCc1ccccc1C1=C(CCCC)C(CCCC)=C(c2ccc(CCCCCCCC)cc2)[N+]1=[N-]. The van der Waals surface area contributed by atoms with Gasteiger partial charge in [-0.3, -0.25) is 0 Å². The molecular formula is C49H74N2. The zero-order valence-electron chi connectivity index (χ0n) is 33.6. The summed E-state index contributed by atoms with van der Waals surface area (Å²) in [7, 11) is 0. The second-order valence-electron chi connectivity index (χ2n) is 15.2. The highest BCUT2D eigenvalue weighted by atomic mass is 15.2. The maximum atomic E-state index is 12.1. The van der Waals surface area contributed by atoms with Crippen molar-refractivity contribution in [1.29, 1.82) is 0 Å². The van der Waals surface area contributed by atoms with Crippen LogP contribution in [0.15, 0.2) is 59.7 Å². The molecule has 2 heteroatoms. The summed E-state index contributed by atoms with van der Waals surface area (Å²) in [6.45, 7) is 9.12. The van der Waals surface area contributed by atoms with Gasteiger partial charge < -0.3 is 5.53 Å². The molecule has 0 saturated heterocycles. The third-order valence-electron chi connectivity index (χ3n) is 10.8. The van der Waals surface area contributed by atoms with Crippen molar-refractivity contribution in [3.63, 3.8) is 0 Å². The molecule has 1 heterocycles. The van der Waals surface area contributed by atoms with Crippen LogP contribution in [0.1, 0.15) is 210 Å². The predicted molar refractivity (Wildman–Crippen MR) is 224 cm³/mol. The fraction of sp³-hybridized carbons (Fsp3) is 0.633. The van der Waals surface area contributed by atoms with Crippen molar-refractivity contribution in [3.8, 4) is 11.8 Å². The number of nitrogens with zero attached hydrogens (tertiary/aromatic N) is 2. The lowest BCUT2D eigenvalue weighted by atomic mass is 9.90. The molecule has 0 aromatic heterocycles. The molecule has 0 N–H and O–H groups in total. The Kier molecular flexibility index (Phi) is 22.3. The van der Waals surface area contributed by atoms with Gasteiger partial charge in [-0.25, -0.2) is 4.70 Å². The minimum absolute atomic E-state index is 0.862. The monoisotopic (exact) mass is 691 g/mol. The lowest BCUT2D eigenvalue weighted by molar-refractivity contribution is -0.345. The summed E-state index contributed by atoms with van der Waals surface area (Å²) in [6.07, 6.45) is 33.5. The molecule has 0 aliphatic carbocycles. The molecular weight excluding hydrogens is 617 g/mol. The molecule has 0 radical (unpaired) electrons. The fourth-order valence-electron chi connectivity index (χ4n) is 7.63. The van der Waals surface area contributed by atoms with E-state index in [0.29, 0.717) is 0 Å². The van der Waals surface area contributed by atoms with Crippen LogP contribution in [0.5, 0.6) is 0 Å². The molecule has 280 valence electrons. The molecule has 1 aliphatic heterocycles. The van der Waals surface area contributed by atoms with Crippen LogP contribution in [0.3, 0.4) is 0 Å². The van der Waals surface area contributed by atoms with E-state index < -0.39 is 0 Å². The third-order valence-corrected chi connectivity index (χ3v) is 10.8. The van der Waals surface area contributed by atoms with Gasteiger partial charge in [0, 0.05) is 35.1 Å². The van der Waals surface area contributed by atoms with E-state index in [4.69, 9.17) is 0 Å². The first kappa shape index (κ1) is 42.5. The van der Waals surface area contributed by atoms with Crippen molar-refractivity contribution in [2.24, 2.45) is 0 Å². The number of hydrogen-bond acceptors (Lipinski definition) is 0. The van der Waals surface area contributed by atoms with Crippen molar-refractivity contribution in [2.75, 3.05) is 0 Å². The second kappa shape index (κ2) is 26.8. The van der Waals surface area contributed by atoms with E-state index in [9.17, 15) is 5.53 Å². The summed E-state index contributed by atoms with van der Waals surface area (Å²) in [6, 6.07) is 17.9. The summed E-state index contributed by atoms with van der Waals surface area (Å²) in [4.78, 5) is 0. The number of hydrogen-bond donors (Lipinski definition) is 0.